The molecule has 106 valence electrons. The molecule has 0 saturated heterocycles. The lowest BCUT2D eigenvalue weighted by Crippen LogP contribution is -2.34. The van der Waals surface area contributed by atoms with E-state index in [1.807, 2.05) is 0 Å². The van der Waals surface area contributed by atoms with Gasteiger partial charge in [0.1, 0.15) is 0 Å². The van der Waals surface area contributed by atoms with Crippen LogP contribution in [0, 0.1) is 17.8 Å². The molecule has 1 saturated carbocycles. The minimum atomic E-state index is 0.0940. The smallest absolute Gasteiger partial charge is 0.224 e. The Bertz CT molecular complexity index is 517. The average Bonchev–Trinajstić information content (AvgIpc) is 3.10. The number of rotatable bonds is 4. The number of allylic oxidation sites excluding steroid dienone is 2. The number of hydrogen-bond donors (Lipinski definition) is 1. The van der Waals surface area contributed by atoms with Gasteiger partial charge in [-0.2, -0.15) is 0 Å². The number of fused-ring (bicyclic) bond motifs is 2. The van der Waals surface area contributed by atoms with Crippen LogP contribution in [0.3, 0.4) is 0 Å². The number of carbonyl (C=O) groups is 1. The van der Waals surface area contributed by atoms with Gasteiger partial charge < -0.3 is 5.32 Å². The van der Waals surface area contributed by atoms with Crippen LogP contribution in [0.5, 0.6) is 0 Å². The topological polar surface area (TPSA) is 29.1 Å². The van der Waals surface area contributed by atoms with Crippen molar-refractivity contribution in [1.82, 2.24) is 5.32 Å². The molecule has 0 radical (unpaired) electrons. The minimum absolute atomic E-state index is 0.0940. The van der Waals surface area contributed by atoms with Crippen LogP contribution in [0.2, 0.25) is 0 Å². The summed E-state index contributed by atoms with van der Waals surface area (Å²) in [6.07, 6.45) is 7.78. The largest absolute Gasteiger partial charge is 0.349 e. The molecule has 0 aromatic heterocycles. The molecule has 3 rings (SSSR count). The fourth-order valence-corrected chi connectivity index (χ4v) is 3.53. The van der Waals surface area contributed by atoms with Gasteiger partial charge >= 0.3 is 0 Å². The molecule has 2 aliphatic carbocycles. The Morgan fingerprint density at radius 3 is 2.55 bits per heavy atom. The van der Waals surface area contributed by atoms with Gasteiger partial charge in [-0.3, -0.25) is 4.79 Å². The molecule has 20 heavy (non-hydrogen) atoms. The zero-order valence-electron chi connectivity index (χ0n) is 12.3. The van der Waals surface area contributed by atoms with E-state index in [0.29, 0.717) is 11.8 Å². The summed E-state index contributed by atoms with van der Waals surface area (Å²) in [4.78, 5) is 12.4. The standard InChI is InChI=1S/C18H23NO/c1-3-13-4-7-15(8-5-13)12(2)19-18(20)17-11-14-6-9-16(17)10-14/h4-9,12,14,16-17H,3,10-11H2,1-2H3,(H,19,20). The van der Waals surface area contributed by atoms with Crippen molar-refractivity contribution in [2.45, 2.75) is 39.2 Å². The molecule has 1 aromatic carbocycles. The number of carbonyl (C=O) groups excluding carboxylic acids is 1. The van der Waals surface area contributed by atoms with Crippen molar-refractivity contribution in [2.75, 3.05) is 0 Å². The van der Waals surface area contributed by atoms with Gasteiger partial charge in [0.05, 0.1) is 6.04 Å². The first kappa shape index (κ1) is 13.4. The molecule has 2 bridgehead atoms. The molecule has 1 amide bonds. The maximum atomic E-state index is 12.4. The Hall–Kier alpha value is -1.57. The average molecular weight is 269 g/mol. The highest BCUT2D eigenvalue weighted by molar-refractivity contribution is 5.80. The molecule has 1 N–H and O–H groups in total. The Labute approximate surface area is 121 Å². The van der Waals surface area contributed by atoms with Gasteiger partial charge in [0, 0.05) is 5.92 Å². The van der Waals surface area contributed by atoms with E-state index in [9.17, 15) is 4.79 Å². The molecular formula is C18H23NO. The van der Waals surface area contributed by atoms with Gasteiger partial charge in [0.15, 0.2) is 0 Å². The molecule has 2 aliphatic rings. The fourth-order valence-electron chi connectivity index (χ4n) is 3.53. The van der Waals surface area contributed by atoms with Crippen LogP contribution in [0.1, 0.15) is 43.9 Å². The van der Waals surface area contributed by atoms with Crippen molar-refractivity contribution < 1.29 is 4.79 Å². The third-order valence-corrected chi connectivity index (χ3v) is 4.86. The van der Waals surface area contributed by atoms with Gasteiger partial charge in [-0.15, -0.1) is 0 Å². The third-order valence-electron chi connectivity index (χ3n) is 4.86. The molecule has 0 aliphatic heterocycles. The Morgan fingerprint density at radius 2 is 2.00 bits per heavy atom. The van der Waals surface area contributed by atoms with Gasteiger partial charge in [-0.25, -0.2) is 0 Å². The van der Waals surface area contributed by atoms with E-state index in [-0.39, 0.29) is 17.9 Å². The van der Waals surface area contributed by atoms with Gasteiger partial charge in [0.25, 0.3) is 0 Å². The summed E-state index contributed by atoms with van der Waals surface area (Å²) in [5, 5.41) is 3.19. The van der Waals surface area contributed by atoms with E-state index in [1.54, 1.807) is 0 Å². The summed E-state index contributed by atoms with van der Waals surface area (Å²) in [6.45, 7) is 4.23. The van der Waals surface area contributed by atoms with Gasteiger partial charge in [-0.05, 0) is 49.1 Å². The summed E-state index contributed by atoms with van der Waals surface area (Å²) in [6, 6.07) is 8.65. The van der Waals surface area contributed by atoms with E-state index >= 15 is 0 Å². The van der Waals surface area contributed by atoms with Crippen molar-refractivity contribution in [3.8, 4) is 0 Å². The maximum Gasteiger partial charge on any atom is 0.224 e. The summed E-state index contributed by atoms with van der Waals surface area (Å²) in [5.74, 6) is 1.56. The lowest BCUT2D eigenvalue weighted by Gasteiger charge is -2.21. The number of benzene rings is 1. The lowest BCUT2D eigenvalue weighted by molar-refractivity contribution is -0.126. The highest BCUT2D eigenvalue weighted by atomic mass is 16.2. The number of amides is 1. The Balaban J connectivity index is 1.61. The summed E-state index contributed by atoms with van der Waals surface area (Å²) in [7, 11) is 0. The number of hydrogen-bond acceptors (Lipinski definition) is 1. The van der Waals surface area contributed by atoms with Gasteiger partial charge in [0.2, 0.25) is 5.91 Å². The van der Waals surface area contributed by atoms with E-state index in [4.69, 9.17) is 0 Å². The van der Waals surface area contributed by atoms with Gasteiger partial charge in [-0.1, -0.05) is 43.3 Å². The zero-order chi connectivity index (χ0) is 14.1. The molecule has 2 heteroatoms. The van der Waals surface area contributed by atoms with Crippen LogP contribution in [-0.4, -0.2) is 5.91 Å². The second-order valence-electron chi connectivity index (χ2n) is 6.21. The van der Waals surface area contributed by atoms with Crippen molar-refractivity contribution in [1.29, 1.82) is 0 Å². The predicted molar refractivity (Wildman–Crippen MR) is 81.2 cm³/mol. The van der Waals surface area contributed by atoms with Crippen LogP contribution in [0.4, 0.5) is 0 Å². The minimum Gasteiger partial charge on any atom is -0.349 e. The Kier molecular flexibility index (Phi) is 3.64. The van der Waals surface area contributed by atoms with Crippen LogP contribution in [0.25, 0.3) is 0 Å². The maximum absolute atomic E-state index is 12.4. The Morgan fingerprint density at radius 1 is 1.25 bits per heavy atom. The first-order valence-electron chi connectivity index (χ1n) is 7.75. The molecule has 1 fully saturated rings. The van der Waals surface area contributed by atoms with E-state index in [1.165, 1.54) is 17.5 Å². The highest BCUT2D eigenvalue weighted by Crippen LogP contribution is 2.43. The fraction of sp³-hybridized carbons (Fsp3) is 0.500. The molecule has 4 unspecified atom stereocenters. The number of nitrogens with one attached hydrogen (secondary N) is 1. The van der Waals surface area contributed by atoms with Crippen LogP contribution >= 0.6 is 0 Å². The first-order valence-corrected chi connectivity index (χ1v) is 7.75. The number of aryl methyl sites for hydroxylation is 1. The van der Waals surface area contributed by atoms with Crippen molar-refractivity contribution in [3.63, 3.8) is 0 Å². The third kappa shape index (κ3) is 2.52. The normalized spacial score (nSPS) is 28.6. The van der Waals surface area contributed by atoms with Crippen molar-refractivity contribution >= 4 is 5.91 Å². The van der Waals surface area contributed by atoms with Crippen molar-refractivity contribution in [3.05, 3.63) is 47.5 Å². The van der Waals surface area contributed by atoms with Crippen molar-refractivity contribution in [2.24, 2.45) is 17.8 Å². The quantitative estimate of drug-likeness (QED) is 0.831. The molecular weight excluding hydrogens is 246 g/mol. The molecule has 0 heterocycles. The summed E-state index contributed by atoms with van der Waals surface area (Å²) < 4.78 is 0. The summed E-state index contributed by atoms with van der Waals surface area (Å²) in [5.41, 5.74) is 2.53. The van der Waals surface area contributed by atoms with Crippen LogP contribution in [-0.2, 0) is 11.2 Å². The highest BCUT2D eigenvalue weighted by Gasteiger charge is 2.39. The molecule has 2 nitrogen and oxygen atoms in total. The molecule has 4 atom stereocenters. The zero-order valence-corrected chi connectivity index (χ0v) is 12.3. The van der Waals surface area contributed by atoms with E-state index < -0.39 is 0 Å². The first-order chi connectivity index (χ1) is 9.67. The lowest BCUT2D eigenvalue weighted by atomic mass is 9.92. The van der Waals surface area contributed by atoms with E-state index in [0.717, 1.165) is 12.8 Å². The van der Waals surface area contributed by atoms with Crippen LogP contribution < -0.4 is 5.32 Å². The molecule has 0 spiro atoms. The second-order valence-corrected chi connectivity index (χ2v) is 6.21. The molecule has 1 aromatic rings. The van der Waals surface area contributed by atoms with E-state index in [2.05, 4.69) is 55.6 Å². The predicted octanol–water partition coefficient (Wildman–Crippen LogP) is 3.64. The van der Waals surface area contributed by atoms with Crippen LogP contribution in [0.15, 0.2) is 36.4 Å². The SMILES string of the molecule is CCc1ccc(C(C)NC(=O)C2CC3C=CC2C3)cc1. The summed E-state index contributed by atoms with van der Waals surface area (Å²) >= 11 is 0. The monoisotopic (exact) mass is 269 g/mol. The second kappa shape index (κ2) is 5.43.